The first kappa shape index (κ1) is 19.3. The quantitative estimate of drug-likeness (QED) is 0.367. The molecule has 2 nitrogen and oxygen atoms in total. The number of amidine groups is 1. The minimum Gasteiger partial charge on any atom is -0.369 e. The van der Waals surface area contributed by atoms with E-state index in [0.29, 0.717) is 0 Å². The van der Waals surface area contributed by atoms with E-state index in [4.69, 9.17) is 0 Å². The van der Waals surface area contributed by atoms with E-state index in [1.807, 2.05) is 0 Å². The predicted octanol–water partition coefficient (Wildman–Crippen LogP) is 6.03. The Hall–Kier alpha value is -0.790. The lowest BCUT2D eigenvalue weighted by Gasteiger charge is -2.02. The summed E-state index contributed by atoms with van der Waals surface area (Å²) in [6.45, 7) is 4.24. The highest BCUT2D eigenvalue weighted by Gasteiger charge is 1.98. The molecule has 128 valence electrons. The van der Waals surface area contributed by atoms with Crippen LogP contribution in [0.2, 0.25) is 0 Å². The molecule has 1 N–H and O–H groups in total. The van der Waals surface area contributed by atoms with Gasteiger partial charge in [0.25, 0.3) is 0 Å². The van der Waals surface area contributed by atoms with Crippen molar-refractivity contribution in [2.75, 3.05) is 13.1 Å². The van der Waals surface area contributed by atoms with Crippen molar-refractivity contribution in [3.05, 3.63) is 12.2 Å². The number of allylic oxidation sites excluding steroid dienone is 1. The lowest BCUT2D eigenvalue weighted by atomic mass is 10.0. The van der Waals surface area contributed by atoms with Gasteiger partial charge in [-0.05, 0) is 18.9 Å². The summed E-state index contributed by atoms with van der Waals surface area (Å²) in [5.41, 5.74) is 0. The molecule has 0 radical (unpaired) electrons. The van der Waals surface area contributed by atoms with E-state index in [1.54, 1.807) is 0 Å². The Labute approximate surface area is 138 Å². The molecule has 1 aliphatic rings. The van der Waals surface area contributed by atoms with Crippen molar-refractivity contribution >= 4 is 5.84 Å². The topological polar surface area (TPSA) is 24.4 Å². The number of unbranched alkanes of at least 4 members (excludes halogenated alkanes) is 13. The highest BCUT2D eigenvalue weighted by Crippen LogP contribution is 2.13. The van der Waals surface area contributed by atoms with E-state index in [0.717, 1.165) is 18.9 Å². The number of nitrogens with one attached hydrogen (secondary N) is 1. The molecule has 0 aromatic heterocycles. The summed E-state index contributed by atoms with van der Waals surface area (Å²) in [4.78, 5) is 4.36. The average molecular weight is 307 g/mol. The minimum absolute atomic E-state index is 0.943. The Balaban J connectivity index is 1.71. The molecule has 0 aromatic rings. The van der Waals surface area contributed by atoms with Gasteiger partial charge in [0.1, 0.15) is 5.84 Å². The molecule has 0 unspecified atom stereocenters. The van der Waals surface area contributed by atoms with Gasteiger partial charge in [-0.25, -0.2) is 0 Å². The number of rotatable bonds is 15. The molecule has 1 rings (SSSR count). The fourth-order valence-corrected chi connectivity index (χ4v) is 3.00. The maximum Gasteiger partial charge on any atom is 0.120 e. The van der Waals surface area contributed by atoms with Crippen molar-refractivity contribution in [3.63, 3.8) is 0 Å². The predicted molar refractivity (Wildman–Crippen MR) is 99.8 cm³/mol. The molecule has 22 heavy (non-hydrogen) atoms. The van der Waals surface area contributed by atoms with Gasteiger partial charge < -0.3 is 5.32 Å². The second kappa shape index (κ2) is 15.1. The van der Waals surface area contributed by atoms with Crippen molar-refractivity contribution in [3.8, 4) is 0 Å². The number of aliphatic imine (C=N–C) groups is 1. The SMILES string of the molecule is CCCCCCCCCCCCCCCC=CC1=NCCN1. The molecule has 1 aliphatic heterocycles. The van der Waals surface area contributed by atoms with Gasteiger partial charge in [0.05, 0.1) is 6.54 Å². The summed E-state index contributed by atoms with van der Waals surface area (Å²) < 4.78 is 0. The molecule has 0 aromatic carbocycles. The lowest BCUT2D eigenvalue weighted by molar-refractivity contribution is 0.540. The van der Waals surface area contributed by atoms with Gasteiger partial charge in [-0.3, -0.25) is 4.99 Å². The summed E-state index contributed by atoms with van der Waals surface area (Å²) in [6.07, 6.45) is 24.2. The summed E-state index contributed by atoms with van der Waals surface area (Å²) in [5.74, 6) is 1.08. The standard InChI is InChI=1S/C20H38N2/c1-2-3-4-5-6-7-8-9-10-11-12-13-14-15-16-17-20-21-18-19-22-20/h16-17H,2-15,18-19H2,1H3,(H,21,22). The Morgan fingerprint density at radius 3 is 1.86 bits per heavy atom. The molecule has 0 aliphatic carbocycles. The third-order valence-electron chi connectivity index (χ3n) is 4.45. The van der Waals surface area contributed by atoms with Crippen LogP contribution in [0.3, 0.4) is 0 Å². The Bertz CT molecular complexity index is 294. The first-order valence-electron chi connectivity index (χ1n) is 9.88. The van der Waals surface area contributed by atoms with Crippen molar-refractivity contribution in [1.82, 2.24) is 5.32 Å². The molecular weight excluding hydrogens is 268 g/mol. The van der Waals surface area contributed by atoms with Crippen LogP contribution in [-0.2, 0) is 0 Å². The van der Waals surface area contributed by atoms with Gasteiger partial charge in [0.2, 0.25) is 0 Å². The van der Waals surface area contributed by atoms with Crippen LogP contribution in [0.15, 0.2) is 17.1 Å². The summed E-state index contributed by atoms with van der Waals surface area (Å²) in [5, 5.41) is 3.27. The van der Waals surface area contributed by atoms with Crippen LogP contribution < -0.4 is 5.32 Å². The number of hydrogen-bond donors (Lipinski definition) is 1. The van der Waals surface area contributed by atoms with Gasteiger partial charge in [0, 0.05) is 6.54 Å². The third kappa shape index (κ3) is 11.8. The maximum atomic E-state index is 4.36. The second-order valence-corrected chi connectivity index (χ2v) is 6.63. The molecule has 0 bridgehead atoms. The average Bonchev–Trinajstić information content (AvgIpc) is 3.04. The fourth-order valence-electron chi connectivity index (χ4n) is 3.00. The van der Waals surface area contributed by atoms with Gasteiger partial charge in [-0.1, -0.05) is 90.0 Å². The van der Waals surface area contributed by atoms with Crippen molar-refractivity contribution in [1.29, 1.82) is 0 Å². The molecule has 0 saturated carbocycles. The van der Waals surface area contributed by atoms with Crippen LogP contribution in [0.5, 0.6) is 0 Å². The van der Waals surface area contributed by atoms with Crippen LogP contribution in [0.25, 0.3) is 0 Å². The molecule has 1 heterocycles. The maximum absolute atomic E-state index is 4.36. The van der Waals surface area contributed by atoms with Crippen molar-refractivity contribution in [2.45, 2.75) is 96.8 Å². The lowest BCUT2D eigenvalue weighted by Crippen LogP contribution is -2.15. The zero-order chi connectivity index (χ0) is 15.7. The highest BCUT2D eigenvalue weighted by atomic mass is 15.1. The second-order valence-electron chi connectivity index (χ2n) is 6.63. The van der Waals surface area contributed by atoms with Crippen LogP contribution >= 0.6 is 0 Å². The number of hydrogen-bond acceptors (Lipinski definition) is 2. The zero-order valence-corrected chi connectivity index (χ0v) is 14.9. The van der Waals surface area contributed by atoms with Crippen molar-refractivity contribution in [2.24, 2.45) is 4.99 Å². The molecule has 2 heteroatoms. The third-order valence-corrected chi connectivity index (χ3v) is 4.45. The fraction of sp³-hybridized carbons (Fsp3) is 0.850. The van der Waals surface area contributed by atoms with Gasteiger partial charge in [-0.2, -0.15) is 0 Å². The largest absolute Gasteiger partial charge is 0.369 e. The summed E-state index contributed by atoms with van der Waals surface area (Å²) in [6, 6.07) is 0. The van der Waals surface area contributed by atoms with Crippen molar-refractivity contribution < 1.29 is 0 Å². The van der Waals surface area contributed by atoms with E-state index in [1.165, 1.54) is 89.9 Å². The van der Waals surface area contributed by atoms with Gasteiger partial charge in [-0.15, -0.1) is 0 Å². The molecule has 0 amide bonds. The molecular formula is C20H38N2. The Kier molecular flexibility index (Phi) is 13.2. The van der Waals surface area contributed by atoms with Gasteiger partial charge >= 0.3 is 0 Å². The van der Waals surface area contributed by atoms with Crippen LogP contribution in [-0.4, -0.2) is 18.9 Å². The monoisotopic (exact) mass is 306 g/mol. The molecule has 0 saturated heterocycles. The normalized spacial score (nSPS) is 14.5. The van der Waals surface area contributed by atoms with E-state index in [-0.39, 0.29) is 0 Å². The van der Waals surface area contributed by atoms with E-state index in [9.17, 15) is 0 Å². The smallest absolute Gasteiger partial charge is 0.120 e. The number of nitrogens with zero attached hydrogens (tertiary/aromatic N) is 1. The molecule has 0 spiro atoms. The van der Waals surface area contributed by atoms with Crippen LogP contribution in [0.4, 0.5) is 0 Å². The highest BCUT2D eigenvalue weighted by molar-refractivity contribution is 5.93. The minimum atomic E-state index is 0.943. The zero-order valence-electron chi connectivity index (χ0n) is 14.9. The molecule has 0 fully saturated rings. The first-order valence-corrected chi connectivity index (χ1v) is 9.88. The van der Waals surface area contributed by atoms with E-state index < -0.39 is 0 Å². The van der Waals surface area contributed by atoms with E-state index in [2.05, 4.69) is 29.4 Å². The van der Waals surface area contributed by atoms with Gasteiger partial charge in [0.15, 0.2) is 0 Å². The Morgan fingerprint density at radius 1 is 0.818 bits per heavy atom. The summed E-state index contributed by atoms with van der Waals surface area (Å²) in [7, 11) is 0. The summed E-state index contributed by atoms with van der Waals surface area (Å²) >= 11 is 0. The van der Waals surface area contributed by atoms with Crippen LogP contribution in [0.1, 0.15) is 96.8 Å². The first-order chi connectivity index (χ1) is 10.9. The molecule has 0 atom stereocenters. The Morgan fingerprint density at radius 2 is 1.36 bits per heavy atom. The van der Waals surface area contributed by atoms with E-state index >= 15 is 0 Å². The van der Waals surface area contributed by atoms with Crippen LogP contribution in [0, 0.1) is 0 Å².